The smallest absolute Gasteiger partial charge is 0.338 e. The maximum atomic E-state index is 11.5. The fourth-order valence-corrected chi connectivity index (χ4v) is 1.78. The van der Waals surface area contributed by atoms with Gasteiger partial charge < -0.3 is 10.1 Å². The van der Waals surface area contributed by atoms with E-state index in [0.717, 1.165) is 11.4 Å². The van der Waals surface area contributed by atoms with Crippen molar-refractivity contribution in [1.29, 1.82) is 0 Å². The normalized spacial score (nSPS) is 11.7. The van der Waals surface area contributed by atoms with E-state index in [4.69, 9.17) is 4.74 Å². The van der Waals surface area contributed by atoms with Crippen LogP contribution in [-0.4, -0.2) is 22.5 Å². The van der Waals surface area contributed by atoms with Crippen LogP contribution in [0.4, 0.5) is 5.69 Å². The number of anilines is 1. The van der Waals surface area contributed by atoms with Crippen molar-refractivity contribution in [2.75, 3.05) is 11.9 Å². The number of carbonyl (C=O) groups excluding carboxylic acids is 1. The van der Waals surface area contributed by atoms with Crippen LogP contribution in [0.3, 0.4) is 0 Å². The van der Waals surface area contributed by atoms with E-state index >= 15 is 0 Å². The second-order valence-electron chi connectivity index (χ2n) is 4.29. The van der Waals surface area contributed by atoms with Crippen LogP contribution in [0, 0.1) is 0 Å². The summed E-state index contributed by atoms with van der Waals surface area (Å²) in [5.74, 6) is -0.305. The zero-order chi connectivity index (χ0) is 14.4. The summed E-state index contributed by atoms with van der Waals surface area (Å²) in [5.41, 5.74) is 2.32. The molecule has 0 fully saturated rings. The van der Waals surface area contributed by atoms with Gasteiger partial charge in [0.15, 0.2) is 0 Å². The Hall–Kier alpha value is -2.43. The highest BCUT2D eigenvalue weighted by Crippen LogP contribution is 2.17. The molecule has 0 aliphatic heterocycles. The molecule has 1 atom stereocenters. The first-order valence-corrected chi connectivity index (χ1v) is 6.50. The fourth-order valence-electron chi connectivity index (χ4n) is 1.78. The summed E-state index contributed by atoms with van der Waals surface area (Å²) < 4.78 is 4.94. The number of hydrogen-bond acceptors (Lipinski definition) is 5. The Kier molecular flexibility index (Phi) is 4.65. The highest BCUT2D eigenvalue weighted by atomic mass is 16.5. The summed E-state index contributed by atoms with van der Waals surface area (Å²) in [6.45, 7) is 4.17. The van der Waals surface area contributed by atoms with E-state index in [1.54, 1.807) is 37.6 Å². The van der Waals surface area contributed by atoms with Crippen molar-refractivity contribution in [2.45, 2.75) is 19.9 Å². The number of nitrogens with zero attached hydrogens (tertiary/aromatic N) is 2. The van der Waals surface area contributed by atoms with Crippen LogP contribution >= 0.6 is 0 Å². The third-order valence-electron chi connectivity index (χ3n) is 2.81. The molecule has 0 amide bonds. The summed E-state index contributed by atoms with van der Waals surface area (Å²) in [6.07, 6.45) is 5.03. The van der Waals surface area contributed by atoms with Crippen molar-refractivity contribution in [1.82, 2.24) is 9.97 Å². The molecule has 2 aromatic rings. The van der Waals surface area contributed by atoms with Crippen LogP contribution in [0.15, 0.2) is 42.9 Å². The molecule has 1 N–H and O–H groups in total. The molecule has 1 heterocycles. The molecule has 0 spiro atoms. The van der Waals surface area contributed by atoms with Crippen molar-refractivity contribution in [3.63, 3.8) is 0 Å². The summed E-state index contributed by atoms with van der Waals surface area (Å²) >= 11 is 0. The Labute approximate surface area is 118 Å². The number of rotatable bonds is 5. The first kappa shape index (κ1) is 14.0. The fraction of sp³-hybridized carbons (Fsp3) is 0.267. The Morgan fingerprint density at radius 3 is 2.65 bits per heavy atom. The molecule has 1 unspecified atom stereocenters. The summed E-state index contributed by atoms with van der Waals surface area (Å²) in [5, 5.41) is 3.30. The minimum absolute atomic E-state index is 0.0390. The molecule has 0 aliphatic rings. The highest BCUT2D eigenvalue weighted by molar-refractivity contribution is 5.89. The molecule has 0 radical (unpaired) electrons. The molecule has 2 rings (SSSR count). The van der Waals surface area contributed by atoms with Gasteiger partial charge in [0.25, 0.3) is 0 Å². The third kappa shape index (κ3) is 3.54. The van der Waals surface area contributed by atoms with Crippen LogP contribution in [0.25, 0.3) is 0 Å². The molecule has 0 saturated heterocycles. The van der Waals surface area contributed by atoms with Gasteiger partial charge in [-0.2, -0.15) is 0 Å². The largest absolute Gasteiger partial charge is 0.462 e. The number of hydrogen-bond donors (Lipinski definition) is 1. The number of esters is 1. The lowest BCUT2D eigenvalue weighted by Crippen LogP contribution is -2.09. The second kappa shape index (κ2) is 6.65. The zero-order valence-electron chi connectivity index (χ0n) is 11.5. The quantitative estimate of drug-likeness (QED) is 0.847. The summed E-state index contributed by atoms with van der Waals surface area (Å²) in [4.78, 5) is 19.8. The predicted molar refractivity (Wildman–Crippen MR) is 76.5 cm³/mol. The van der Waals surface area contributed by atoms with Crippen molar-refractivity contribution in [2.24, 2.45) is 0 Å². The minimum atomic E-state index is -0.305. The van der Waals surface area contributed by atoms with Gasteiger partial charge in [-0.05, 0) is 38.1 Å². The molecule has 0 bridgehead atoms. The molecule has 5 nitrogen and oxygen atoms in total. The molecular weight excluding hydrogens is 254 g/mol. The molecule has 1 aromatic heterocycles. The SMILES string of the molecule is CCOC(=O)c1ccc(NC(C)c2cnccn2)cc1. The number of benzene rings is 1. The van der Waals surface area contributed by atoms with Crippen molar-refractivity contribution in [3.8, 4) is 0 Å². The number of ether oxygens (including phenoxy) is 1. The van der Waals surface area contributed by atoms with E-state index in [1.807, 2.05) is 19.1 Å². The Morgan fingerprint density at radius 2 is 2.05 bits per heavy atom. The predicted octanol–water partition coefficient (Wildman–Crippen LogP) is 2.83. The van der Waals surface area contributed by atoms with Crippen LogP contribution in [-0.2, 0) is 4.74 Å². The van der Waals surface area contributed by atoms with Crippen molar-refractivity contribution < 1.29 is 9.53 Å². The monoisotopic (exact) mass is 271 g/mol. The Bertz CT molecular complexity index is 555. The summed E-state index contributed by atoms with van der Waals surface area (Å²) in [6, 6.07) is 7.21. The average molecular weight is 271 g/mol. The van der Waals surface area contributed by atoms with Crippen LogP contribution < -0.4 is 5.32 Å². The lowest BCUT2D eigenvalue weighted by molar-refractivity contribution is 0.0526. The molecule has 1 aromatic carbocycles. The van der Waals surface area contributed by atoms with Gasteiger partial charge in [0, 0.05) is 18.1 Å². The van der Waals surface area contributed by atoms with Crippen LogP contribution in [0.5, 0.6) is 0 Å². The molecule has 0 aliphatic carbocycles. The van der Waals surface area contributed by atoms with E-state index in [0.29, 0.717) is 12.2 Å². The van der Waals surface area contributed by atoms with E-state index in [9.17, 15) is 4.79 Å². The van der Waals surface area contributed by atoms with Gasteiger partial charge >= 0.3 is 5.97 Å². The minimum Gasteiger partial charge on any atom is -0.462 e. The van der Waals surface area contributed by atoms with Crippen LogP contribution in [0.2, 0.25) is 0 Å². The first-order valence-electron chi connectivity index (χ1n) is 6.50. The topological polar surface area (TPSA) is 64.1 Å². The molecular formula is C15H17N3O2. The zero-order valence-corrected chi connectivity index (χ0v) is 11.5. The number of carbonyl (C=O) groups is 1. The van der Waals surface area contributed by atoms with E-state index in [2.05, 4.69) is 15.3 Å². The standard InChI is InChI=1S/C15H17N3O2/c1-3-20-15(19)12-4-6-13(7-5-12)18-11(2)14-10-16-8-9-17-14/h4-11,18H,3H2,1-2H3. The Morgan fingerprint density at radius 1 is 1.30 bits per heavy atom. The molecule has 20 heavy (non-hydrogen) atoms. The molecule has 5 heteroatoms. The van der Waals surface area contributed by atoms with Crippen LogP contribution in [0.1, 0.15) is 35.9 Å². The van der Waals surface area contributed by atoms with Gasteiger partial charge in [0.2, 0.25) is 0 Å². The summed E-state index contributed by atoms with van der Waals surface area (Å²) in [7, 11) is 0. The lowest BCUT2D eigenvalue weighted by atomic mass is 10.2. The third-order valence-corrected chi connectivity index (χ3v) is 2.81. The molecule has 104 valence electrons. The van der Waals surface area contributed by atoms with Gasteiger partial charge in [-0.3, -0.25) is 9.97 Å². The number of aromatic nitrogens is 2. The van der Waals surface area contributed by atoms with Crippen molar-refractivity contribution in [3.05, 3.63) is 54.1 Å². The maximum absolute atomic E-state index is 11.5. The average Bonchev–Trinajstić information content (AvgIpc) is 2.49. The van der Waals surface area contributed by atoms with Gasteiger partial charge in [0.05, 0.1) is 30.1 Å². The highest BCUT2D eigenvalue weighted by Gasteiger charge is 2.08. The second-order valence-corrected chi connectivity index (χ2v) is 4.29. The number of nitrogens with one attached hydrogen (secondary N) is 1. The van der Waals surface area contributed by atoms with Gasteiger partial charge in [0.1, 0.15) is 0 Å². The van der Waals surface area contributed by atoms with Gasteiger partial charge in [-0.25, -0.2) is 4.79 Å². The van der Waals surface area contributed by atoms with E-state index in [1.165, 1.54) is 0 Å². The lowest BCUT2D eigenvalue weighted by Gasteiger charge is -2.14. The van der Waals surface area contributed by atoms with Crippen molar-refractivity contribution >= 4 is 11.7 Å². The maximum Gasteiger partial charge on any atom is 0.338 e. The van der Waals surface area contributed by atoms with E-state index < -0.39 is 0 Å². The van der Waals surface area contributed by atoms with Gasteiger partial charge in [-0.15, -0.1) is 0 Å². The van der Waals surface area contributed by atoms with E-state index in [-0.39, 0.29) is 12.0 Å². The van der Waals surface area contributed by atoms with Gasteiger partial charge in [-0.1, -0.05) is 0 Å². The first-order chi connectivity index (χ1) is 9.70. The molecule has 0 saturated carbocycles. The Balaban J connectivity index is 2.02.